The summed E-state index contributed by atoms with van der Waals surface area (Å²) < 4.78 is 7.38. The Hall–Kier alpha value is 0.160. The smallest absolute Gasteiger partial charge is 0.152 e. The first-order valence-corrected chi connectivity index (χ1v) is 6.08. The summed E-state index contributed by atoms with van der Waals surface area (Å²) in [6, 6.07) is 3.91. The van der Waals surface area contributed by atoms with Gasteiger partial charge in [0.05, 0.1) is 6.61 Å². The molecule has 0 N–H and O–H groups in total. The highest BCUT2D eigenvalue weighted by Gasteiger charge is 2.22. The van der Waals surface area contributed by atoms with Crippen LogP contribution < -0.4 is 4.74 Å². The summed E-state index contributed by atoms with van der Waals surface area (Å²) in [7, 11) is 0. The van der Waals surface area contributed by atoms with Crippen molar-refractivity contribution in [2.24, 2.45) is 5.92 Å². The van der Waals surface area contributed by atoms with Crippen LogP contribution in [0.2, 0.25) is 0 Å². The van der Waals surface area contributed by atoms with Crippen molar-refractivity contribution in [3.8, 4) is 5.75 Å². The molecule has 70 valence electrons. The van der Waals surface area contributed by atoms with E-state index in [4.69, 9.17) is 4.74 Å². The van der Waals surface area contributed by atoms with Gasteiger partial charge in [-0.1, -0.05) is 0 Å². The average Bonchev–Trinajstić information content (AvgIpc) is 2.86. The molecule has 0 amide bonds. The van der Waals surface area contributed by atoms with E-state index in [0.717, 1.165) is 26.6 Å². The van der Waals surface area contributed by atoms with Gasteiger partial charge in [0.1, 0.15) is 8.30 Å². The van der Waals surface area contributed by atoms with E-state index in [-0.39, 0.29) is 0 Å². The third kappa shape index (κ3) is 2.80. The minimum Gasteiger partial charge on any atom is -0.490 e. The Kier molecular flexibility index (Phi) is 3.08. The van der Waals surface area contributed by atoms with Gasteiger partial charge in [-0.25, -0.2) is 4.98 Å². The highest BCUT2D eigenvalue weighted by Crippen LogP contribution is 2.31. The van der Waals surface area contributed by atoms with Crippen molar-refractivity contribution >= 4 is 38.5 Å². The standard InChI is InChI=1S/C9H9BrINO/c10-9-7(3-4-8(11)12-9)13-5-6-1-2-6/h3-4,6H,1-2,5H2. The van der Waals surface area contributed by atoms with Gasteiger partial charge in [0, 0.05) is 0 Å². The Morgan fingerprint density at radius 3 is 2.92 bits per heavy atom. The third-order valence-electron chi connectivity index (χ3n) is 1.95. The van der Waals surface area contributed by atoms with E-state index in [1.54, 1.807) is 0 Å². The van der Waals surface area contributed by atoms with Gasteiger partial charge in [-0.05, 0) is 69.4 Å². The second-order valence-electron chi connectivity index (χ2n) is 3.18. The molecule has 0 radical (unpaired) electrons. The predicted molar refractivity (Wildman–Crippen MR) is 62.9 cm³/mol. The van der Waals surface area contributed by atoms with Crippen LogP contribution in [0.4, 0.5) is 0 Å². The molecule has 1 fully saturated rings. The monoisotopic (exact) mass is 353 g/mol. The van der Waals surface area contributed by atoms with Crippen molar-refractivity contribution in [1.29, 1.82) is 0 Å². The Labute approximate surface area is 99.3 Å². The molecule has 0 spiro atoms. The zero-order valence-corrected chi connectivity index (χ0v) is 10.7. The fraction of sp³-hybridized carbons (Fsp3) is 0.444. The number of hydrogen-bond donors (Lipinski definition) is 0. The van der Waals surface area contributed by atoms with Crippen LogP contribution in [0.3, 0.4) is 0 Å². The lowest BCUT2D eigenvalue weighted by molar-refractivity contribution is 0.296. The summed E-state index contributed by atoms with van der Waals surface area (Å²) in [5.74, 6) is 1.64. The maximum atomic E-state index is 5.60. The van der Waals surface area contributed by atoms with E-state index in [9.17, 15) is 0 Å². The van der Waals surface area contributed by atoms with Gasteiger partial charge in [-0.15, -0.1) is 0 Å². The number of hydrogen-bond acceptors (Lipinski definition) is 2. The quantitative estimate of drug-likeness (QED) is 0.614. The van der Waals surface area contributed by atoms with Gasteiger partial charge in [-0.3, -0.25) is 0 Å². The maximum absolute atomic E-state index is 5.60. The molecule has 2 nitrogen and oxygen atoms in total. The highest BCUT2D eigenvalue weighted by molar-refractivity contribution is 14.1. The van der Waals surface area contributed by atoms with Gasteiger partial charge >= 0.3 is 0 Å². The molecule has 0 saturated heterocycles. The molecule has 0 unspecified atom stereocenters. The van der Waals surface area contributed by atoms with Gasteiger partial charge in [0.25, 0.3) is 0 Å². The molecule has 13 heavy (non-hydrogen) atoms. The lowest BCUT2D eigenvalue weighted by Gasteiger charge is -2.06. The lowest BCUT2D eigenvalue weighted by atomic mass is 10.4. The summed E-state index contributed by atoms with van der Waals surface area (Å²) in [5, 5.41) is 0. The van der Waals surface area contributed by atoms with Crippen molar-refractivity contribution in [2.45, 2.75) is 12.8 Å². The van der Waals surface area contributed by atoms with Crippen LogP contribution in [0.1, 0.15) is 12.8 Å². The van der Waals surface area contributed by atoms with Crippen LogP contribution in [-0.2, 0) is 0 Å². The minimum atomic E-state index is 0.783. The van der Waals surface area contributed by atoms with E-state index in [2.05, 4.69) is 43.5 Å². The topological polar surface area (TPSA) is 22.1 Å². The molecule has 4 heteroatoms. The van der Waals surface area contributed by atoms with Gasteiger partial charge < -0.3 is 4.74 Å². The van der Waals surface area contributed by atoms with Gasteiger partial charge in [0.2, 0.25) is 0 Å². The molecule has 1 aliphatic carbocycles. The summed E-state index contributed by atoms with van der Waals surface area (Å²) in [5.41, 5.74) is 0. The number of rotatable bonds is 3. The number of pyridine rings is 1. The largest absolute Gasteiger partial charge is 0.490 e. The summed E-state index contributed by atoms with van der Waals surface area (Å²) in [6.45, 7) is 0.834. The molecule has 0 aromatic carbocycles. The van der Waals surface area contributed by atoms with Crippen LogP contribution in [-0.4, -0.2) is 11.6 Å². The molecule has 1 heterocycles. The van der Waals surface area contributed by atoms with E-state index in [1.807, 2.05) is 12.1 Å². The molecule has 1 aromatic rings. The second kappa shape index (κ2) is 4.13. The first-order chi connectivity index (χ1) is 6.25. The summed E-state index contributed by atoms with van der Waals surface area (Å²) >= 11 is 5.56. The number of aromatic nitrogens is 1. The summed E-state index contributed by atoms with van der Waals surface area (Å²) in [6.07, 6.45) is 2.63. The molecular formula is C9H9BrINO. The number of nitrogens with zero attached hydrogens (tertiary/aromatic N) is 1. The van der Waals surface area contributed by atoms with Crippen LogP contribution in [0.25, 0.3) is 0 Å². The number of ether oxygens (including phenoxy) is 1. The van der Waals surface area contributed by atoms with Crippen LogP contribution in [0.5, 0.6) is 5.75 Å². The average molecular weight is 354 g/mol. The van der Waals surface area contributed by atoms with Gasteiger partial charge in [0.15, 0.2) is 5.75 Å². The molecule has 1 aromatic heterocycles. The second-order valence-corrected chi connectivity index (χ2v) is 5.03. The Balaban J connectivity index is 2.01. The van der Waals surface area contributed by atoms with Crippen LogP contribution in [0.15, 0.2) is 16.7 Å². The first-order valence-electron chi connectivity index (χ1n) is 4.20. The Morgan fingerprint density at radius 1 is 1.54 bits per heavy atom. The molecule has 0 aliphatic heterocycles. The van der Waals surface area contributed by atoms with E-state index in [0.29, 0.717) is 0 Å². The van der Waals surface area contributed by atoms with Crippen molar-refractivity contribution in [1.82, 2.24) is 4.98 Å². The van der Waals surface area contributed by atoms with Crippen molar-refractivity contribution in [3.63, 3.8) is 0 Å². The third-order valence-corrected chi connectivity index (χ3v) is 3.12. The fourth-order valence-electron chi connectivity index (χ4n) is 0.999. The van der Waals surface area contributed by atoms with Crippen molar-refractivity contribution in [3.05, 3.63) is 20.4 Å². The Bertz CT molecular complexity index is 314. The highest BCUT2D eigenvalue weighted by atomic mass is 127. The first kappa shape index (κ1) is 9.71. The fourth-order valence-corrected chi connectivity index (χ4v) is 2.19. The van der Waals surface area contributed by atoms with Crippen molar-refractivity contribution in [2.75, 3.05) is 6.61 Å². The Morgan fingerprint density at radius 2 is 2.31 bits per heavy atom. The van der Waals surface area contributed by atoms with E-state index >= 15 is 0 Å². The molecule has 2 rings (SSSR count). The van der Waals surface area contributed by atoms with E-state index in [1.165, 1.54) is 12.8 Å². The number of halogens is 2. The van der Waals surface area contributed by atoms with E-state index < -0.39 is 0 Å². The zero-order chi connectivity index (χ0) is 9.26. The molecule has 1 aliphatic rings. The SMILES string of the molecule is Brc1nc(I)ccc1OCC1CC1. The van der Waals surface area contributed by atoms with Gasteiger partial charge in [-0.2, -0.15) is 0 Å². The normalized spacial score (nSPS) is 15.8. The predicted octanol–water partition coefficient (Wildman–Crippen LogP) is 3.24. The molecule has 0 atom stereocenters. The van der Waals surface area contributed by atoms with Crippen LogP contribution >= 0.6 is 38.5 Å². The molecular weight excluding hydrogens is 345 g/mol. The lowest BCUT2D eigenvalue weighted by Crippen LogP contribution is -2.00. The van der Waals surface area contributed by atoms with Crippen LogP contribution in [0, 0.1) is 9.62 Å². The summed E-state index contributed by atoms with van der Waals surface area (Å²) in [4.78, 5) is 4.25. The maximum Gasteiger partial charge on any atom is 0.152 e. The minimum absolute atomic E-state index is 0.783. The zero-order valence-electron chi connectivity index (χ0n) is 6.96. The molecule has 1 saturated carbocycles. The molecule has 0 bridgehead atoms. The van der Waals surface area contributed by atoms with Crippen molar-refractivity contribution < 1.29 is 4.74 Å².